The highest BCUT2D eigenvalue weighted by molar-refractivity contribution is 5.93. The number of hydrogen-bond donors (Lipinski definition) is 1. The lowest BCUT2D eigenvalue weighted by molar-refractivity contribution is -0.120. The van der Waals surface area contributed by atoms with E-state index in [2.05, 4.69) is 21.3 Å². The Hall–Kier alpha value is -2.87. The Balaban J connectivity index is 1.59. The van der Waals surface area contributed by atoms with Gasteiger partial charge in [-0.25, -0.2) is 4.98 Å². The first-order chi connectivity index (χ1) is 12.1. The highest BCUT2D eigenvalue weighted by Gasteiger charge is 2.26. The van der Waals surface area contributed by atoms with Gasteiger partial charge in [-0.1, -0.05) is 12.1 Å². The van der Waals surface area contributed by atoms with Crippen LogP contribution in [0.2, 0.25) is 0 Å². The van der Waals surface area contributed by atoms with Crippen LogP contribution in [0.25, 0.3) is 0 Å². The van der Waals surface area contributed by atoms with Gasteiger partial charge in [-0.3, -0.25) is 4.79 Å². The topological polar surface area (TPSA) is 69.0 Å². The fourth-order valence-corrected chi connectivity index (χ4v) is 3.13. The van der Waals surface area contributed by atoms with Crippen LogP contribution in [0.3, 0.4) is 0 Å². The zero-order valence-corrected chi connectivity index (χ0v) is 14.6. The summed E-state index contributed by atoms with van der Waals surface area (Å²) in [7, 11) is 0. The highest BCUT2D eigenvalue weighted by Crippen LogP contribution is 2.24. The van der Waals surface area contributed by atoms with Gasteiger partial charge in [-0.2, -0.15) is 5.26 Å². The first kappa shape index (κ1) is 17.0. The molecule has 1 amide bonds. The monoisotopic (exact) mass is 334 g/mol. The van der Waals surface area contributed by atoms with Crippen molar-refractivity contribution in [3.8, 4) is 6.07 Å². The molecule has 0 atom stereocenters. The number of hydrogen-bond acceptors (Lipinski definition) is 4. The Morgan fingerprint density at radius 3 is 2.64 bits per heavy atom. The molecule has 5 heteroatoms. The van der Waals surface area contributed by atoms with Gasteiger partial charge in [-0.05, 0) is 56.0 Å². The van der Waals surface area contributed by atoms with Crippen LogP contribution >= 0.6 is 0 Å². The third-order valence-electron chi connectivity index (χ3n) is 4.93. The summed E-state index contributed by atoms with van der Waals surface area (Å²) < 4.78 is 0. The van der Waals surface area contributed by atoms with E-state index >= 15 is 0 Å². The molecule has 2 heterocycles. The molecule has 1 N–H and O–H groups in total. The van der Waals surface area contributed by atoms with Crippen LogP contribution < -0.4 is 10.2 Å². The second-order valence-corrected chi connectivity index (χ2v) is 6.51. The van der Waals surface area contributed by atoms with E-state index in [0.29, 0.717) is 5.56 Å². The second kappa shape index (κ2) is 7.35. The number of nitrogens with one attached hydrogen (secondary N) is 1. The summed E-state index contributed by atoms with van der Waals surface area (Å²) in [6.45, 7) is 5.67. The van der Waals surface area contributed by atoms with Crippen molar-refractivity contribution >= 4 is 17.4 Å². The Labute approximate surface area is 148 Å². The van der Waals surface area contributed by atoms with Gasteiger partial charge in [-0.15, -0.1) is 0 Å². The highest BCUT2D eigenvalue weighted by atomic mass is 16.1. The largest absolute Gasteiger partial charge is 0.357 e. The molecule has 1 aliphatic heterocycles. The number of carbonyl (C=O) groups is 1. The number of aromatic nitrogens is 1. The third-order valence-corrected chi connectivity index (χ3v) is 4.93. The normalized spacial score (nSPS) is 14.8. The van der Waals surface area contributed by atoms with Crippen LogP contribution in [-0.4, -0.2) is 24.0 Å². The fourth-order valence-electron chi connectivity index (χ4n) is 3.13. The standard InChI is InChI=1S/C20H22N4O/c1-14-4-3-5-18(15(14)2)23-20(25)17-8-10-24(11-9-17)19-7-6-16(12-21)13-22-19/h3-7,13,17H,8-11H2,1-2H3,(H,23,25). The predicted octanol–water partition coefficient (Wildman–Crippen LogP) is 3.43. The average Bonchev–Trinajstić information content (AvgIpc) is 2.65. The third kappa shape index (κ3) is 3.80. The molecular weight excluding hydrogens is 312 g/mol. The van der Waals surface area contributed by atoms with E-state index in [4.69, 9.17) is 5.26 Å². The number of nitrogens with zero attached hydrogens (tertiary/aromatic N) is 3. The number of benzene rings is 1. The number of anilines is 2. The number of aryl methyl sites for hydroxylation is 1. The average molecular weight is 334 g/mol. The molecule has 0 radical (unpaired) electrons. The number of nitriles is 1. The van der Waals surface area contributed by atoms with Gasteiger partial charge in [0.15, 0.2) is 0 Å². The lowest BCUT2D eigenvalue weighted by Crippen LogP contribution is -2.38. The zero-order valence-electron chi connectivity index (χ0n) is 14.6. The summed E-state index contributed by atoms with van der Waals surface area (Å²) in [5.41, 5.74) is 3.77. The lowest BCUT2D eigenvalue weighted by Gasteiger charge is -2.32. The quantitative estimate of drug-likeness (QED) is 0.934. The molecule has 1 aromatic carbocycles. The summed E-state index contributed by atoms with van der Waals surface area (Å²) in [6, 6.07) is 11.7. The van der Waals surface area contributed by atoms with Crippen molar-refractivity contribution in [3.63, 3.8) is 0 Å². The van der Waals surface area contributed by atoms with Crippen LogP contribution in [0, 0.1) is 31.1 Å². The van der Waals surface area contributed by atoms with Crippen LogP contribution in [0.5, 0.6) is 0 Å². The van der Waals surface area contributed by atoms with E-state index < -0.39 is 0 Å². The lowest BCUT2D eigenvalue weighted by atomic mass is 9.95. The van der Waals surface area contributed by atoms with E-state index in [0.717, 1.165) is 43.0 Å². The molecule has 0 bridgehead atoms. The summed E-state index contributed by atoms with van der Waals surface area (Å²) >= 11 is 0. The van der Waals surface area contributed by atoms with Gasteiger partial charge in [0.2, 0.25) is 5.91 Å². The maximum Gasteiger partial charge on any atom is 0.227 e. The Bertz CT molecular complexity index is 799. The molecule has 1 aromatic heterocycles. The van der Waals surface area contributed by atoms with Gasteiger partial charge >= 0.3 is 0 Å². The molecule has 3 rings (SSSR count). The van der Waals surface area contributed by atoms with Crippen molar-refractivity contribution in [2.45, 2.75) is 26.7 Å². The van der Waals surface area contributed by atoms with E-state index in [1.165, 1.54) is 5.56 Å². The Morgan fingerprint density at radius 1 is 1.24 bits per heavy atom. The molecule has 1 fully saturated rings. The van der Waals surface area contributed by atoms with Crippen molar-refractivity contribution in [3.05, 3.63) is 53.2 Å². The van der Waals surface area contributed by atoms with Crippen LogP contribution in [0.15, 0.2) is 36.5 Å². The molecule has 0 aliphatic carbocycles. The molecular formula is C20H22N4O. The summed E-state index contributed by atoms with van der Waals surface area (Å²) in [6.07, 6.45) is 3.20. The van der Waals surface area contributed by atoms with Crippen molar-refractivity contribution in [1.82, 2.24) is 4.98 Å². The van der Waals surface area contributed by atoms with Gasteiger partial charge in [0, 0.05) is 30.9 Å². The predicted molar refractivity (Wildman–Crippen MR) is 98.4 cm³/mol. The maximum atomic E-state index is 12.6. The van der Waals surface area contributed by atoms with Crippen molar-refractivity contribution in [2.24, 2.45) is 5.92 Å². The van der Waals surface area contributed by atoms with Crippen molar-refractivity contribution in [2.75, 3.05) is 23.3 Å². The summed E-state index contributed by atoms with van der Waals surface area (Å²) in [5.74, 6) is 0.989. The molecule has 0 spiro atoms. The van der Waals surface area contributed by atoms with Gasteiger partial charge in [0.25, 0.3) is 0 Å². The molecule has 0 saturated carbocycles. The Kier molecular flexibility index (Phi) is 4.99. The second-order valence-electron chi connectivity index (χ2n) is 6.51. The number of piperidine rings is 1. The molecule has 25 heavy (non-hydrogen) atoms. The molecule has 2 aromatic rings. The minimum absolute atomic E-state index is 0.0227. The minimum Gasteiger partial charge on any atom is -0.357 e. The molecule has 1 aliphatic rings. The smallest absolute Gasteiger partial charge is 0.227 e. The molecule has 128 valence electrons. The van der Waals surface area contributed by atoms with E-state index in [-0.39, 0.29) is 11.8 Å². The zero-order chi connectivity index (χ0) is 17.8. The number of amides is 1. The van der Waals surface area contributed by atoms with E-state index in [1.54, 1.807) is 12.3 Å². The van der Waals surface area contributed by atoms with E-state index in [1.807, 2.05) is 38.1 Å². The van der Waals surface area contributed by atoms with Crippen LogP contribution in [-0.2, 0) is 4.79 Å². The molecule has 5 nitrogen and oxygen atoms in total. The fraction of sp³-hybridized carbons (Fsp3) is 0.350. The molecule has 1 saturated heterocycles. The Morgan fingerprint density at radius 2 is 2.00 bits per heavy atom. The number of carbonyl (C=O) groups excluding carboxylic acids is 1. The van der Waals surface area contributed by atoms with E-state index in [9.17, 15) is 4.79 Å². The molecule has 0 unspecified atom stereocenters. The van der Waals surface area contributed by atoms with Crippen molar-refractivity contribution < 1.29 is 4.79 Å². The maximum absolute atomic E-state index is 12.6. The van der Waals surface area contributed by atoms with Gasteiger partial charge in [0.1, 0.15) is 11.9 Å². The summed E-state index contributed by atoms with van der Waals surface area (Å²) in [5, 5.41) is 11.9. The SMILES string of the molecule is Cc1cccc(NC(=O)C2CCN(c3ccc(C#N)cn3)CC2)c1C. The first-order valence-electron chi connectivity index (χ1n) is 8.56. The van der Waals surface area contributed by atoms with Crippen LogP contribution in [0.1, 0.15) is 29.5 Å². The minimum atomic E-state index is 0.0227. The van der Waals surface area contributed by atoms with Crippen LogP contribution in [0.4, 0.5) is 11.5 Å². The number of rotatable bonds is 3. The van der Waals surface area contributed by atoms with Gasteiger partial charge in [0.05, 0.1) is 5.56 Å². The summed E-state index contributed by atoms with van der Waals surface area (Å²) in [4.78, 5) is 19.1. The van der Waals surface area contributed by atoms with Gasteiger partial charge < -0.3 is 10.2 Å². The first-order valence-corrected chi connectivity index (χ1v) is 8.56. The van der Waals surface area contributed by atoms with Crippen molar-refractivity contribution in [1.29, 1.82) is 5.26 Å². The number of pyridine rings is 1.